The number of nitrogens with zero attached hydrogens (tertiary/aromatic N) is 5. The number of ether oxygens (including phenoxy) is 1. The molecule has 172 valence electrons. The number of aromatic nitrogens is 4. The second-order valence-corrected chi connectivity index (χ2v) is 8.16. The molecule has 9 heteroatoms. The Morgan fingerprint density at radius 1 is 1.26 bits per heavy atom. The van der Waals surface area contributed by atoms with Gasteiger partial charge in [-0.2, -0.15) is 5.10 Å². The van der Waals surface area contributed by atoms with Crippen LogP contribution in [0.2, 0.25) is 0 Å². The van der Waals surface area contributed by atoms with Crippen molar-refractivity contribution < 1.29 is 9.66 Å². The highest BCUT2D eigenvalue weighted by Gasteiger charge is 2.22. The Morgan fingerprint density at radius 3 is 3.00 bits per heavy atom. The van der Waals surface area contributed by atoms with Crippen LogP contribution in [0.4, 0.5) is 5.69 Å². The van der Waals surface area contributed by atoms with Gasteiger partial charge in [0.2, 0.25) is 5.88 Å². The molecule has 9 nitrogen and oxygen atoms in total. The molecule has 0 bridgehead atoms. The van der Waals surface area contributed by atoms with Crippen molar-refractivity contribution >= 4 is 22.8 Å². The third-order valence-corrected chi connectivity index (χ3v) is 6.02. The van der Waals surface area contributed by atoms with Gasteiger partial charge in [0.05, 0.1) is 34.5 Å². The van der Waals surface area contributed by atoms with Crippen LogP contribution in [0, 0.1) is 10.1 Å². The molecule has 1 N–H and O–H groups in total. The third kappa shape index (κ3) is 4.38. The first-order valence-electron chi connectivity index (χ1n) is 11.1. The number of pyridine rings is 2. The maximum atomic E-state index is 11.2. The van der Waals surface area contributed by atoms with Crippen molar-refractivity contribution in [2.45, 2.75) is 25.3 Å². The highest BCUT2D eigenvalue weighted by Crippen LogP contribution is 2.26. The fourth-order valence-electron chi connectivity index (χ4n) is 4.31. The molecule has 1 aliphatic rings. The molecule has 0 saturated heterocycles. The van der Waals surface area contributed by atoms with Crippen molar-refractivity contribution in [3.8, 4) is 11.6 Å². The predicted octanol–water partition coefficient (Wildman–Crippen LogP) is 3.89. The van der Waals surface area contributed by atoms with Gasteiger partial charge in [-0.05, 0) is 43.0 Å². The summed E-state index contributed by atoms with van der Waals surface area (Å²) in [6.45, 7) is 0.638. The maximum absolute atomic E-state index is 11.2. The van der Waals surface area contributed by atoms with Gasteiger partial charge >= 0.3 is 0 Å². The van der Waals surface area contributed by atoms with Crippen LogP contribution < -0.4 is 10.1 Å². The molecule has 0 aliphatic heterocycles. The van der Waals surface area contributed by atoms with Gasteiger partial charge in [-0.15, -0.1) is 0 Å². The first-order valence-corrected chi connectivity index (χ1v) is 11.1. The summed E-state index contributed by atoms with van der Waals surface area (Å²) in [4.78, 5) is 19.8. The number of para-hydroxylation sites is 1. The Bertz CT molecular complexity index is 1380. The van der Waals surface area contributed by atoms with E-state index in [0.29, 0.717) is 24.0 Å². The number of nitrogens with one attached hydrogen (secondary N) is 1. The molecule has 1 aliphatic carbocycles. The van der Waals surface area contributed by atoms with Crippen LogP contribution in [0.1, 0.15) is 23.2 Å². The molecule has 0 amide bonds. The average molecular weight is 457 g/mol. The summed E-state index contributed by atoms with van der Waals surface area (Å²) >= 11 is 0. The van der Waals surface area contributed by atoms with E-state index < -0.39 is 0 Å². The Balaban J connectivity index is 1.28. The van der Waals surface area contributed by atoms with Crippen molar-refractivity contribution in [2.75, 3.05) is 13.7 Å². The van der Waals surface area contributed by atoms with E-state index in [2.05, 4.69) is 21.5 Å². The summed E-state index contributed by atoms with van der Waals surface area (Å²) in [5.41, 5.74) is 5.43. The second-order valence-electron chi connectivity index (χ2n) is 8.16. The summed E-state index contributed by atoms with van der Waals surface area (Å²) in [5.74, 6) is 0.539. The van der Waals surface area contributed by atoms with Crippen molar-refractivity contribution in [1.82, 2.24) is 25.1 Å². The third-order valence-electron chi connectivity index (χ3n) is 6.02. The van der Waals surface area contributed by atoms with Crippen molar-refractivity contribution in [1.29, 1.82) is 0 Å². The van der Waals surface area contributed by atoms with Crippen molar-refractivity contribution in [2.24, 2.45) is 0 Å². The van der Waals surface area contributed by atoms with E-state index >= 15 is 0 Å². The zero-order valence-electron chi connectivity index (χ0n) is 18.7. The number of aryl methyl sites for hydroxylation is 1. The number of hydrogen-bond donors (Lipinski definition) is 1. The molecular formula is C25H24N6O3. The SMILES string of the molecule is COc1ccc2nccc(-n3cc4c(n3)CCC(NC/C=C/c3ccccc3[N+](=O)[O-])C4)c2n1. The Labute approximate surface area is 196 Å². The smallest absolute Gasteiger partial charge is 0.276 e. The molecule has 3 heterocycles. The van der Waals surface area contributed by atoms with E-state index in [0.717, 1.165) is 41.7 Å². The molecule has 1 atom stereocenters. The van der Waals surface area contributed by atoms with E-state index in [4.69, 9.17) is 9.84 Å². The molecule has 4 aromatic rings. The Kier molecular flexibility index (Phi) is 6.01. The summed E-state index contributed by atoms with van der Waals surface area (Å²) in [7, 11) is 1.60. The minimum absolute atomic E-state index is 0.115. The number of hydrogen-bond acceptors (Lipinski definition) is 7. The Morgan fingerprint density at radius 2 is 2.15 bits per heavy atom. The first kappa shape index (κ1) is 21.7. The van der Waals surface area contributed by atoms with E-state index in [9.17, 15) is 10.1 Å². The molecule has 0 radical (unpaired) electrons. The van der Waals surface area contributed by atoms with Gasteiger partial charge in [0.15, 0.2) is 0 Å². The topological polar surface area (TPSA) is 108 Å². The van der Waals surface area contributed by atoms with Gasteiger partial charge in [-0.1, -0.05) is 24.3 Å². The van der Waals surface area contributed by atoms with Gasteiger partial charge in [0.1, 0.15) is 5.52 Å². The summed E-state index contributed by atoms with van der Waals surface area (Å²) in [6.07, 6.45) is 10.3. The molecule has 1 unspecified atom stereocenters. The number of benzene rings is 1. The van der Waals surface area contributed by atoms with Gasteiger partial charge in [-0.25, -0.2) is 9.67 Å². The Hall–Kier alpha value is -4.11. The summed E-state index contributed by atoms with van der Waals surface area (Å²) in [6, 6.07) is 12.7. The standard InChI is InChI=1S/C25H24N6O3/c1-34-24-11-10-21-25(28-24)23(12-14-27-21)30-16-18-15-19(8-9-20(18)29-30)26-13-4-6-17-5-2-3-7-22(17)31(32)33/h2-7,10-12,14,16,19,26H,8-9,13,15H2,1H3/b6-4+. The highest BCUT2D eigenvalue weighted by molar-refractivity contribution is 5.83. The van der Waals surface area contributed by atoms with Crippen molar-refractivity contribution in [3.05, 3.63) is 87.9 Å². The molecular weight excluding hydrogens is 432 g/mol. The van der Waals surface area contributed by atoms with Gasteiger partial charge in [-0.3, -0.25) is 15.1 Å². The largest absolute Gasteiger partial charge is 0.481 e. The monoisotopic (exact) mass is 456 g/mol. The van der Waals surface area contributed by atoms with Crippen LogP contribution in [-0.4, -0.2) is 44.4 Å². The normalized spacial score (nSPS) is 15.5. The van der Waals surface area contributed by atoms with Gasteiger partial charge in [0.25, 0.3) is 5.69 Å². The summed E-state index contributed by atoms with van der Waals surface area (Å²) in [5, 5.41) is 19.5. The fourth-order valence-corrected chi connectivity index (χ4v) is 4.31. The first-order chi connectivity index (χ1) is 16.6. The van der Waals surface area contributed by atoms with E-state index in [1.165, 1.54) is 11.6 Å². The molecule has 1 aromatic carbocycles. The van der Waals surface area contributed by atoms with E-state index in [1.54, 1.807) is 43.6 Å². The number of nitro groups is 1. The minimum Gasteiger partial charge on any atom is -0.481 e. The van der Waals surface area contributed by atoms with E-state index in [1.807, 2.05) is 22.9 Å². The molecule has 34 heavy (non-hydrogen) atoms. The average Bonchev–Trinajstić information content (AvgIpc) is 3.29. The lowest BCUT2D eigenvalue weighted by Crippen LogP contribution is -2.34. The number of methoxy groups -OCH3 is 1. The predicted molar refractivity (Wildman–Crippen MR) is 129 cm³/mol. The van der Waals surface area contributed by atoms with Crippen LogP contribution in [0.5, 0.6) is 5.88 Å². The minimum atomic E-state index is -0.356. The fraction of sp³-hybridized carbons (Fsp3) is 0.240. The zero-order chi connectivity index (χ0) is 23.5. The highest BCUT2D eigenvalue weighted by atomic mass is 16.6. The van der Waals surface area contributed by atoms with Crippen LogP contribution in [0.15, 0.2) is 60.9 Å². The van der Waals surface area contributed by atoms with Crippen LogP contribution in [0.3, 0.4) is 0 Å². The maximum Gasteiger partial charge on any atom is 0.276 e. The molecule has 0 spiro atoms. The lowest BCUT2D eigenvalue weighted by Gasteiger charge is -2.21. The number of rotatable bonds is 7. The van der Waals surface area contributed by atoms with Gasteiger partial charge < -0.3 is 10.1 Å². The molecule has 5 rings (SSSR count). The molecule has 0 saturated carbocycles. The molecule has 0 fully saturated rings. The lowest BCUT2D eigenvalue weighted by atomic mass is 9.93. The lowest BCUT2D eigenvalue weighted by molar-refractivity contribution is -0.385. The summed E-state index contributed by atoms with van der Waals surface area (Å²) < 4.78 is 7.17. The quantitative estimate of drug-likeness (QED) is 0.332. The van der Waals surface area contributed by atoms with E-state index in [-0.39, 0.29) is 10.6 Å². The van der Waals surface area contributed by atoms with Crippen LogP contribution >= 0.6 is 0 Å². The second kappa shape index (κ2) is 9.40. The number of nitro benzene ring substituents is 1. The van der Waals surface area contributed by atoms with Gasteiger partial charge in [0, 0.05) is 37.1 Å². The van der Waals surface area contributed by atoms with Crippen LogP contribution in [-0.2, 0) is 12.8 Å². The zero-order valence-corrected chi connectivity index (χ0v) is 18.7. The van der Waals surface area contributed by atoms with Crippen LogP contribution in [0.25, 0.3) is 22.8 Å². The van der Waals surface area contributed by atoms with Crippen molar-refractivity contribution in [3.63, 3.8) is 0 Å². The number of fused-ring (bicyclic) bond motifs is 2. The molecule has 3 aromatic heterocycles.